The van der Waals surface area contributed by atoms with Gasteiger partial charge in [-0.1, -0.05) is 57.8 Å². The van der Waals surface area contributed by atoms with Gasteiger partial charge >= 0.3 is 0 Å². The fraction of sp³-hybridized carbons (Fsp3) is 0.562. The topological polar surface area (TPSA) is 59.5 Å². The van der Waals surface area contributed by atoms with E-state index in [0.29, 0.717) is 5.75 Å². The third-order valence-electron chi connectivity index (χ3n) is 8.05. The molecule has 1 saturated heterocycles. The summed E-state index contributed by atoms with van der Waals surface area (Å²) in [6.45, 7) is 6.11. The second kappa shape index (κ2) is 13.7. The number of aromatic amines is 1. The SMILES string of the molecule is Cc1c(-c2ccc(O)cc2)[nH]c2ccc(O)c(CCCCCCCCCCCCN3CCCCC3)c12. The maximum absolute atomic E-state index is 10.6. The molecule has 196 valence electrons. The zero-order valence-corrected chi connectivity index (χ0v) is 22.3. The molecular formula is C32H46N2O2. The van der Waals surface area contributed by atoms with E-state index in [0.717, 1.165) is 46.1 Å². The summed E-state index contributed by atoms with van der Waals surface area (Å²) in [6.07, 6.45) is 18.4. The van der Waals surface area contributed by atoms with Crippen molar-refractivity contribution in [2.45, 2.75) is 96.8 Å². The predicted octanol–water partition coefficient (Wildman–Crippen LogP) is 8.48. The van der Waals surface area contributed by atoms with Crippen LogP contribution in [0.15, 0.2) is 36.4 Å². The normalized spacial score (nSPS) is 14.6. The standard InChI is InChI=1S/C32H46N2O2/c1-25-31-28(30(36)21-20-29(31)33-32(25)26-16-18-27(35)19-17-26)15-11-8-6-4-2-3-5-7-9-12-22-34-23-13-10-14-24-34/h16-21,33,35-36H,2-15,22-24H2,1H3. The second-order valence-corrected chi connectivity index (χ2v) is 10.8. The van der Waals surface area contributed by atoms with E-state index in [1.807, 2.05) is 24.3 Å². The molecular weight excluding hydrogens is 444 g/mol. The predicted molar refractivity (Wildman–Crippen MR) is 152 cm³/mol. The molecule has 0 atom stereocenters. The summed E-state index contributed by atoms with van der Waals surface area (Å²) in [7, 11) is 0. The summed E-state index contributed by atoms with van der Waals surface area (Å²) in [4.78, 5) is 6.19. The summed E-state index contributed by atoms with van der Waals surface area (Å²) in [5.74, 6) is 0.677. The van der Waals surface area contributed by atoms with Crippen LogP contribution >= 0.6 is 0 Å². The molecule has 1 fully saturated rings. The Morgan fingerprint density at radius 2 is 1.33 bits per heavy atom. The van der Waals surface area contributed by atoms with E-state index in [4.69, 9.17) is 0 Å². The minimum absolute atomic E-state index is 0.272. The molecule has 3 aromatic rings. The van der Waals surface area contributed by atoms with Gasteiger partial charge in [0.15, 0.2) is 0 Å². The summed E-state index contributed by atoms with van der Waals surface area (Å²) >= 11 is 0. The number of likely N-dealkylation sites (tertiary alicyclic amines) is 1. The number of unbranched alkanes of at least 4 members (excludes halogenated alkanes) is 9. The lowest BCUT2D eigenvalue weighted by molar-refractivity contribution is 0.224. The summed E-state index contributed by atoms with van der Waals surface area (Å²) in [6, 6.07) is 11.1. The minimum Gasteiger partial charge on any atom is -0.508 e. The van der Waals surface area contributed by atoms with Gasteiger partial charge in [0.05, 0.1) is 0 Å². The molecule has 4 heteroatoms. The Kier molecular flexibility index (Phi) is 10.2. The number of hydrogen-bond donors (Lipinski definition) is 3. The van der Waals surface area contributed by atoms with Crippen molar-refractivity contribution in [3.05, 3.63) is 47.5 Å². The zero-order chi connectivity index (χ0) is 25.2. The average molecular weight is 491 g/mol. The van der Waals surface area contributed by atoms with Gasteiger partial charge in [0.25, 0.3) is 0 Å². The molecule has 1 aliphatic heterocycles. The number of fused-ring (bicyclic) bond motifs is 1. The van der Waals surface area contributed by atoms with E-state index < -0.39 is 0 Å². The molecule has 1 aliphatic rings. The number of H-pyrrole nitrogens is 1. The Balaban J connectivity index is 1.14. The van der Waals surface area contributed by atoms with E-state index in [-0.39, 0.29) is 5.75 Å². The van der Waals surface area contributed by atoms with Gasteiger partial charge in [-0.15, -0.1) is 0 Å². The summed E-state index contributed by atoms with van der Waals surface area (Å²) < 4.78 is 0. The Morgan fingerprint density at radius 1 is 0.722 bits per heavy atom. The van der Waals surface area contributed by atoms with Crippen molar-refractivity contribution >= 4 is 10.9 Å². The van der Waals surface area contributed by atoms with Crippen molar-refractivity contribution in [3.63, 3.8) is 0 Å². The molecule has 0 bridgehead atoms. The van der Waals surface area contributed by atoms with E-state index in [1.165, 1.54) is 96.7 Å². The summed E-state index contributed by atoms with van der Waals surface area (Å²) in [5, 5.41) is 21.4. The van der Waals surface area contributed by atoms with Gasteiger partial charge in [-0.3, -0.25) is 0 Å². The van der Waals surface area contributed by atoms with Gasteiger partial charge in [-0.05, 0) is 106 Å². The molecule has 36 heavy (non-hydrogen) atoms. The van der Waals surface area contributed by atoms with Crippen molar-refractivity contribution in [1.29, 1.82) is 0 Å². The highest BCUT2D eigenvalue weighted by Crippen LogP contribution is 2.36. The van der Waals surface area contributed by atoms with E-state index >= 15 is 0 Å². The third kappa shape index (κ3) is 7.29. The van der Waals surface area contributed by atoms with Crippen molar-refractivity contribution in [1.82, 2.24) is 9.88 Å². The van der Waals surface area contributed by atoms with Crippen LogP contribution in [0.2, 0.25) is 0 Å². The number of aryl methyl sites for hydroxylation is 2. The number of piperidine rings is 1. The van der Waals surface area contributed by atoms with Crippen molar-refractivity contribution in [2.75, 3.05) is 19.6 Å². The highest BCUT2D eigenvalue weighted by atomic mass is 16.3. The quantitative estimate of drug-likeness (QED) is 0.199. The van der Waals surface area contributed by atoms with Crippen LogP contribution in [0.25, 0.3) is 22.2 Å². The zero-order valence-electron chi connectivity index (χ0n) is 22.3. The monoisotopic (exact) mass is 490 g/mol. The van der Waals surface area contributed by atoms with Crippen LogP contribution in [0.1, 0.15) is 94.6 Å². The number of aromatic hydroxyl groups is 2. The molecule has 3 N–H and O–H groups in total. The fourth-order valence-corrected chi connectivity index (χ4v) is 5.93. The van der Waals surface area contributed by atoms with Gasteiger partial charge in [0.1, 0.15) is 11.5 Å². The smallest absolute Gasteiger partial charge is 0.119 e. The van der Waals surface area contributed by atoms with E-state index in [9.17, 15) is 10.2 Å². The number of hydrogen-bond acceptors (Lipinski definition) is 3. The number of nitrogens with zero attached hydrogens (tertiary/aromatic N) is 1. The van der Waals surface area contributed by atoms with Gasteiger partial charge in [0, 0.05) is 22.2 Å². The Morgan fingerprint density at radius 3 is 2.00 bits per heavy atom. The number of nitrogens with one attached hydrogen (secondary N) is 1. The lowest BCUT2D eigenvalue weighted by atomic mass is 9.97. The van der Waals surface area contributed by atoms with Gasteiger partial charge in [-0.2, -0.15) is 0 Å². The maximum Gasteiger partial charge on any atom is 0.119 e. The molecule has 2 aromatic carbocycles. The summed E-state index contributed by atoms with van der Waals surface area (Å²) in [5.41, 5.74) is 5.41. The first-order chi connectivity index (χ1) is 17.6. The van der Waals surface area contributed by atoms with Gasteiger partial charge < -0.3 is 20.1 Å². The fourth-order valence-electron chi connectivity index (χ4n) is 5.93. The van der Waals surface area contributed by atoms with Crippen molar-refractivity contribution in [2.24, 2.45) is 0 Å². The third-order valence-corrected chi connectivity index (χ3v) is 8.05. The Labute approximate surface area is 217 Å². The molecule has 0 aliphatic carbocycles. The molecule has 0 radical (unpaired) electrons. The number of aromatic nitrogens is 1. The number of phenolic OH excluding ortho intramolecular Hbond substituents is 2. The molecule has 0 saturated carbocycles. The molecule has 1 aromatic heterocycles. The lowest BCUT2D eigenvalue weighted by Crippen LogP contribution is -2.30. The van der Waals surface area contributed by atoms with E-state index in [2.05, 4.69) is 16.8 Å². The van der Waals surface area contributed by atoms with Gasteiger partial charge in [0.2, 0.25) is 0 Å². The van der Waals surface area contributed by atoms with Crippen molar-refractivity contribution in [3.8, 4) is 22.8 Å². The second-order valence-electron chi connectivity index (χ2n) is 10.8. The molecule has 0 unspecified atom stereocenters. The molecule has 0 spiro atoms. The number of rotatable bonds is 14. The first-order valence-electron chi connectivity index (χ1n) is 14.5. The van der Waals surface area contributed by atoms with Crippen LogP contribution in [-0.4, -0.2) is 39.7 Å². The van der Waals surface area contributed by atoms with Gasteiger partial charge in [-0.25, -0.2) is 0 Å². The van der Waals surface area contributed by atoms with Crippen LogP contribution in [0.3, 0.4) is 0 Å². The Hall–Kier alpha value is -2.46. The van der Waals surface area contributed by atoms with E-state index in [1.54, 1.807) is 12.1 Å². The molecule has 4 rings (SSSR count). The Bertz CT molecular complexity index is 1060. The van der Waals surface area contributed by atoms with Crippen LogP contribution in [-0.2, 0) is 6.42 Å². The largest absolute Gasteiger partial charge is 0.508 e. The van der Waals surface area contributed by atoms with Crippen LogP contribution < -0.4 is 0 Å². The molecule has 0 amide bonds. The average Bonchev–Trinajstić information content (AvgIpc) is 3.23. The number of phenols is 2. The minimum atomic E-state index is 0.272. The molecule has 2 heterocycles. The lowest BCUT2D eigenvalue weighted by Gasteiger charge is -2.26. The first-order valence-corrected chi connectivity index (χ1v) is 14.5. The first kappa shape index (κ1) is 26.6. The van der Waals surface area contributed by atoms with Crippen molar-refractivity contribution < 1.29 is 10.2 Å². The van der Waals surface area contributed by atoms with Crippen LogP contribution in [0.4, 0.5) is 0 Å². The van der Waals surface area contributed by atoms with Crippen LogP contribution in [0.5, 0.6) is 11.5 Å². The molecule has 4 nitrogen and oxygen atoms in total. The highest BCUT2D eigenvalue weighted by Gasteiger charge is 2.16. The number of benzene rings is 2. The maximum atomic E-state index is 10.6. The van der Waals surface area contributed by atoms with Crippen LogP contribution in [0, 0.1) is 6.92 Å². The highest BCUT2D eigenvalue weighted by molar-refractivity contribution is 5.94.